The Morgan fingerprint density at radius 1 is 1.03 bits per heavy atom. The van der Waals surface area contributed by atoms with E-state index in [1.165, 1.54) is 16.2 Å². The number of rotatable bonds is 8. The molecule has 4 aromatic rings. The monoisotopic (exact) mass is 529 g/mol. The first-order valence-electron chi connectivity index (χ1n) is 9.90. The fourth-order valence-corrected chi connectivity index (χ4v) is 6.06. The van der Waals surface area contributed by atoms with Crippen LogP contribution >= 0.6 is 27.3 Å². The molecule has 0 atom stereocenters. The fraction of sp³-hybridized carbons (Fsp3) is 0.174. The number of aromatic nitrogens is 2. The van der Waals surface area contributed by atoms with Gasteiger partial charge in [-0.25, -0.2) is 13.4 Å². The van der Waals surface area contributed by atoms with E-state index in [0.717, 1.165) is 14.7 Å². The number of pyridine rings is 1. The molecule has 0 fully saturated rings. The van der Waals surface area contributed by atoms with Crippen molar-refractivity contribution in [2.45, 2.75) is 18.7 Å². The minimum atomic E-state index is -3.43. The van der Waals surface area contributed by atoms with Crippen molar-refractivity contribution in [1.82, 2.24) is 9.97 Å². The first-order valence-corrected chi connectivity index (χ1v) is 13.3. The molecule has 0 aliphatic rings. The number of nitrogens with zero attached hydrogens (tertiary/aromatic N) is 3. The van der Waals surface area contributed by atoms with Crippen LogP contribution < -0.4 is 4.90 Å². The minimum Gasteiger partial charge on any atom is -0.282 e. The molecule has 1 amide bonds. The number of anilines is 1. The van der Waals surface area contributed by atoms with Gasteiger partial charge in [0.15, 0.2) is 15.0 Å². The number of sulfone groups is 1. The van der Waals surface area contributed by atoms with E-state index in [1.807, 2.05) is 36.4 Å². The molecule has 4 rings (SSSR count). The van der Waals surface area contributed by atoms with E-state index >= 15 is 0 Å². The highest BCUT2D eigenvalue weighted by molar-refractivity contribution is 9.10. The summed E-state index contributed by atoms with van der Waals surface area (Å²) in [5.74, 6) is -0.614. The highest BCUT2D eigenvalue weighted by atomic mass is 79.9. The molecule has 0 bridgehead atoms. The van der Waals surface area contributed by atoms with Crippen molar-refractivity contribution in [3.8, 4) is 0 Å². The second-order valence-corrected chi connectivity index (χ2v) is 11.3. The normalized spacial score (nSPS) is 11.5. The molecule has 2 aromatic heterocycles. The summed E-state index contributed by atoms with van der Waals surface area (Å²) in [6.45, 7) is 0.222. The van der Waals surface area contributed by atoms with Gasteiger partial charge in [0.1, 0.15) is 0 Å². The lowest BCUT2D eigenvalue weighted by atomic mass is 10.2. The molecule has 0 spiro atoms. The first kappa shape index (κ1) is 22.6. The van der Waals surface area contributed by atoms with Crippen LogP contribution in [-0.4, -0.2) is 30.0 Å². The molecule has 164 valence electrons. The predicted octanol–water partition coefficient (Wildman–Crippen LogP) is 4.99. The van der Waals surface area contributed by atoms with Crippen LogP contribution in [-0.2, 0) is 26.9 Å². The Kier molecular flexibility index (Phi) is 6.98. The molecule has 2 heterocycles. The second-order valence-electron chi connectivity index (χ2n) is 7.24. The molecule has 0 unspecified atom stereocenters. The third-order valence-corrected chi connectivity index (χ3v) is 7.91. The summed E-state index contributed by atoms with van der Waals surface area (Å²) in [6.07, 6.45) is 1.54. The Morgan fingerprint density at radius 3 is 2.56 bits per heavy atom. The van der Waals surface area contributed by atoms with Crippen molar-refractivity contribution in [3.63, 3.8) is 0 Å². The summed E-state index contributed by atoms with van der Waals surface area (Å²) in [7, 11) is -3.43. The lowest BCUT2D eigenvalue weighted by Gasteiger charge is -2.19. The van der Waals surface area contributed by atoms with Gasteiger partial charge in [0.25, 0.3) is 0 Å². The lowest BCUT2D eigenvalue weighted by molar-refractivity contribution is -0.118. The van der Waals surface area contributed by atoms with Crippen molar-refractivity contribution >= 4 is 58.4 Å². The zero-order valence-corrected chi connectivity index (χ0v) is 20.2. The van der Waals surface area contributed by atoms with Crippen LogP contribution in [0.4, 0.5) is 5.13 Å². The summed E-state index contributed by atoms with van der Waals surface area (Å²) in [5.41, 5.74) is 2.19. The Hall–Kier alpha value is -2.62. The Labute approximate surface area is 199 Å². The maximum atomic E-state index is 13.2. The van der Waals surface area contributed by atoms with Crippen LogP contribution in [0.1, 0.15) is 17.7 Å². The molecular formula is C23H20BrN3O3S2. The largest absolute Gasteiger partial charge is 0.282 e. The molecular weight excluding hydrogens is 510 g/mol. The van der Waals surface area contributed by atoms with Gasteiger partial charge in [-0.1, -0.05) is 63.7 Å². The maximum Gasteiger partial charge on any atom is 0.230 e. The fourth-order valence-electron chi connectivity index (χ4n) is 3.20. The van der Waals surface area contributed by atoms with E-state index in [1.54, 1.807) is 36.5 Å². The molecule has 0 aliphatic heterocycles. The van der Waals surface area contributed by atoms with Crippen LogP contribution in [0.2, 0.25) is 0 Å². The number of hydrogen-bond acceptors (Lipinski definition) is 6. The second kappa shape index (κ2) is 9.89. The van der Waals surface area contributed by atoms with Crippen molar-refractivity contribution in [2.75, 3.05) is 10.7 Å². The van der Waals surface area contributed by atoms with Gasteiger partial charge < -0.3 is 0 Å². The molecule has 0 N–H and O–H groups in total. The third kappa shape index (κ3) is 5.79. The number of thiazole rings is 1. The number of hydrogen-bond donors (Lipinski definition) is 0. The van der Waals surface area contributed by atoms with Crippen LogP contribution in [0.25, 0.3) is 10.2 Å². The van der Waals surface area contributed by atoms with Crippen LogP contribution in [0, 0.1) is 0 Å². The third-order valence-electron chi connectivity index (χ3n) is 4.77. The Bertz CT molecular complexity index is 1330. The van der Waals surface area contributed by atoms with Gasteiger partial charge in [0.2, 0.25) is 5.91 Å². The van der Waals surface area contributed by atoms with Crippen molar-refractivity contribution in [3.05, 3.63) is 88.7 Å². The van der Waals surface area contributed by atoms with E-state index in [4.69, 9.17) is 0 Å². The maximum absolute atomic E-state index is 13.2. The predicted molar refractivity (Wildman–Crippen MR) is 131 cm³/mol. The topological polar surface area (TPSA) is 80.2 Å². The molecule has 0 aliphatic carbocycles. The highest BCUT2D eigenvalue weighted by Gasteiger charge is 2.23. The molecule has 0 saturated heterocycles. The number of carbonyl (C=O) groups is 1. The van der Waals surface area contributed by atoms with Gasteiger partial charge in [-0.05, 0) is 35.9 Å². The van der Waals surface area contributed by atoms with Gasteiger partial charge in [-0.2, -0.15) is 0 Å². The molecule has 0 saturated carbocycles. The average Bonchev–Trinajstić information content (AvgIpc) is 3.20. The van der Waals surface area contributed by atoms with E-state index in [9.17, 15) is 13.2 Å². The summed E-state index contributed by atoms with van der Waals surface area (Å²) >= 11 is 4.85. The van der Waals surface area contributed by atoms with Gasteiger partial charge in [-0.15, -0.1) is 0 Å². The van der Waals surface area contributed by atoms with Crippen molar-refractivity contribution < 1.29 is 13.2 Å². The van der Waals surface area contributed by atoms with Crippen LogP contribution in [0.15, 0.2) is 77.4 Å². The standard InChI is InChI=1S/C23H20BrN3O3S2/c24-18-9-10-20-21(14-18)31-23(26-20)27(15-19-8-4-5-12-25-19)22(28)11-13-32(29,30)16-17-6-2-1-3-7-17/h1-10,12,14H,11,13,15-16H2. The number of amides is 1. The van der Waals surface area contributed by atoms with Crippen LogP contribution in [0.3, 0.4) is 0 Å². The van der Waals surface area contributed by atoms with E-state index < -0.39 is 9.84 Å². The molecule has 2 aromatic carbocycles. The van der Waals surface area contributed by atoms with Gasteiger partial charge in [0.05, 0.1) is 34.0 Å². The molecule has 32 heavy (non-hydrogen) atoms. The van der Waals surface area contributed by atoms with Gasteiger partial charge >= 0.3 is 0 Å². The highest BCUT2D eigenvalue weighted by Crippen LogP contribution is 2.32. The minimum absolute atomic E-state index is 0.0868. The summed E-state index contributed by atoms with van der Waals surface area (Å²) < 4.78 is 27.1. The quantitative estimate of drug-likeness (QED) is 0.321. The molecule has 0 radical (unpaired) electrons. The van der Waals surface area contributed by atoms with Crippen molar-refractivity contribution in [1.29, 1.82) is 0 Å². The summed E-state index contributed by atoms with van der Waals surface area (Å²) in [5, 5.41) is 0.522. The molecule has 9 heteroatoms. The average molecular weight is 530 g/mol. The molecule has 6 nitrogen and oxygen atoms in total. The van der Waals surface area contributed by atoms with Crippen molar-refractivity contribution in [2.24, 2.45) is 0 Å². The zero-order valence-electron chi connectivity index (χ0n) is 17.0. The zero-order chi connectivity index (χ0) is 22.6. The number of benzene rings is 2. The number of fused-ring (bicyclic) bond motifs is 1. The summed E-state index contributed by atoms with van der Waals surface area (Å²) in [6, 6.07) is 20.2. The Morgan fingerprint density at radius 2 is 1.81 bits per heavy atom. The van der Waals surface area contributed by atoms with E-state index in [0.29, 0.717) is 16.4 Å². The van der Waals surface area contributed by atoms with Gasteiger partial charge in [-0.3, -0.25) is 14.7 Å². The smallest absolute Gasteiger partial charge is 0.230 e. The lowest BCUT2D eigenvalue weighted by Crippen LogP contribution is -2.32. The van der Waals surface area contributed by atoms with E-state index in [-0.39, 0.29) is 30.4 Å². The van der Waals surface area contributed by atoms with Crippen LogP contribution in [0.5, 0.6) is 0 Å². The summed E-state index contributed by atoms with van der Waals surface area (Å²) in [4.78, 5) is 23.6. The van der Waals surface area contributed by atoms with E-state index in [2.05, 4.69) is 25.9 Å². The number of halogens is 1. The Balaban J connectivity index is 1.55. The SMILES string of the molecule is O=C(CCS(=O)(=O)Cc1ccccc1)N(Cc1ccccn1)c1nc2ccc(Br)cc2s1. The number of carbonyl (C=O) groups excluding carboxylic acids is 1. The van der Waals surface area contributed by atoms with Gasteiger partial charge in [0, 0.05) is 17.1 Å². The first-order chi connectivity index (χ1) is 15.4.